The van der Waals surface area contributed by atoms with Gasteiger partial charge in [0.2, 0.25) is 0 Å². The Morgan fingerprint density at radius 2 is 1.93 bits per heavy atom. The standard InChI is InChI=1S/C22H25NO4/c1-15-10-11-16(2)20(12-15)26-14-22(25)27-13-21(24)23-19-9-5-7-17-6-3-4-8-18(17)19/h3-4,6,8,10-12,19H,5,7,9,13-14H2,1-2H3,(H,23,24)/t19-/m0/s1. The Morgan fingerprint density at radius 1 is 1.11 bits per heavy atom. The minimum Gasteiger partial charge on any atom is -0.482 e. The molecular formula is C22H25NO4. The molecule has 0 saturated heterocycles. The Labute approximate surface area is 159 Å². The molecule has 5 nitrogen and oxygen atoms in total. The summed E-state index contributed by atoms with van der Waals surface area (Å²) in [4.78, 5) is 24.0. The number of carbonyl (C=O) groups excluding carboxylic acids is 2. The zero-order valence-electron chi connectivity index (χ0n) is 15.8. The molecular weight excluding hydrogens is 342 g/mol. The molecule has 1 aliphatic carbocycles. The van der Waals surface area contributed by atoms with E-state index in [0.29, 0.717) is 5.75 Å². The summed E-state index contributed by atoms with van der Waals surface area (Å²) in [6.45, 7) is 3.35. The van der Waals surface area contributed by atoms with Crippen molar-refractivity contribution in [3.8, 4) is 5.75 Å². The van der Waals surface area contributed by atoms with Crippen molar-refractivity contribution < 1.29 is 19.1 Å². The van der Waals surface area contributed by atoms with Gasteiger partial charge in [-0.2, -0.15) is 0 Å². The quantitative estimate of drug-likeness (QED) is 0.795. The Bertz CT molecular complexity index is 831. The highest BCUT2D eigenvalue weighted by atomic mass is 16.6. The van der Waals surface area contributed by atoms with Gasteiger partial charge in [-0.25, -0.2) is 4.79 Å². The molecule has 1 amide bonds. The third-order valence-electron chi connectivity index (χ3n) is 4.76. The summed E-state index contributed by atoms with van der Waals surface area (Å²) < 4.78 is 10.6. The molecule has 5 heteroatoms. The van der Waals surface area contributed by atoms with Gasteiger partial charge < -0.3 is 14.8 Å². The first-order valence-corrected chi connectivity index (χ1v) is 9.26. The summed E-state index contributed by atoms with van der Waals surface area (Å²) in [5.74, 6) is -0.206. The van der Waals surface area contributed by atoms with Gasteiger partial charge in [-0.3, -0.25) is 4.79 Å². The fourth-order valence-corrected chi connectivity index (χ4v) is 3.33. The van der Waals surface area contributed by atoms with Crippen molar-refractivity contribution in [3.63, 3.8) is 0 Å². The predicted octanol–water partition coefficient (Wildman–Crippen LogP) is 3.42. The van der Waals surface area contributed by atoms with Crippen LogP contribution in [0.1, 0.15) is 41.1 Å². The van der Waals surface area contributed by atoms with E-state index in [1.54, 1.807) is 0 Å². The molecule has 0 spiro atoms. The molecule has 0 aromatic heterocycles. The van der Waals surface area contributed by atoms with Gasteiger partial charge >= 0.3 is 5.97 Å². The highest BCUT2D eigenvalue weighted by Gasteiger charge is 2.21. The summed E-state index contributed by atoms with van der Waals surface area (Å²) in [6, 6.07) is 13.9. The second-order valence-corrected chi connectivity index (χ2v) is 6.93. The van der Waals surface area contributed by atoms with Gasteiger partial charge in [-0.05, 0) is 61.4 Å². The molecule has 0 radical (unpaired) electrons. The van der Waals surface area contributed by atoms with Gasteiger partial charge in [0.25, 0.3) is 5.91 Å². The molecule has 2 aromatic carbocycles. The van der Waals surface area contributed by atoms with Crippen LogP contribution in [0.25, 0.3) is 0 Å². The fourth-order valence-electron chi connectivity index (χ4n) is 3.33. The van der Waals surface area contributed by atoms with E-state index in [-0.39, 0.29) is 25.2 Å². The van der Waals surface area contributed by atoms with E-state index in [4.69, 9.17) is 9.47 Å². The number of carbonyl (C=O) groups is 2. The summed E-state index contributed by atoms with van der Waals surface area (Å²) in [7, 11) is 0. The Hall–Kier alpha value is -2.82. The number of amides is 1. The predicted molar refractivity (Wildman–Crippen MR) is 103 cm³/mol. The number of nitrogens with one attached hydrogen (secondary N) is 1. The SMILES string of the molecule is Cc1ccc(C)c(OCC(=O)OCC(=O)N[C@H]2CCCc3ccccc32)c1. The summed E-state index contributed by atoms with van der Waals surface area (Å²) >= 11 is 0. The van der Waals surface area contributed by atoms with Crippen molar-refractivity contribution in [2.45, 2.75) is 39.2 Å². The second-order valence-electron chi connectivity index (χ2n) is 6.93. The molecule has 142 valence electrons. The lowest BCUT2D eigenvalue weighted by Crippen LogP contribution is -2.34. The number of esters is 1. The molecule has 0 unspecified atom stereocenters. The number of hydrogen-bond acceptors (Lipinski definition) is 4. The molecule has 0 fully saturated rings. The lowest BCUT2D eigenvalue weighted by Gasteiger charge is -2.26. The summed E-state index contributed by atoms with van der Waals surface area (Å²) in [6.07, 6.45) is 2.96. The monoisotopic (exact) mass is 367 g/mol. The minimum absolute atomic E-state index is 0.0210. The van der Waals surface area contributed by atoms with Crippen molar-refractivity contribution in [3.05, 3.63) is 64.7 Å². The lowest BCUT2D eigenvalue weighted by atomic mass is 9.88. The number of ether oxygens (including phenoxy) is 2. The third-order valence-corrected chi connectivity index (χ3v) is 4.76. The number of benzene rings is 2. The molecule has 0 saturated carbocycles. The van der Waals surface area contributed by atoms with Gasteiger partial charge in [0.1, 0.15) is 5.75 Å². The van der Waals surface area contributed by atoms with E-state index in [9.17, 15) is 9.59 Å². The number of hydrogen-bond donors (Lipinski definition) is 1. The van der Waals surface area contributed by atoms with Crippen LogP contribution in [0.5, 0.6) is 5.75 Å². The first kappa shape index (κ1) is 19.0. The van der Waals surface area contributed by atoms with Gasteiger partial charge in [-0.1, -0.05) is 36.4 Å². The smallest absolute Gasteiger partial charge is 0.344 e. The van der Waals surface area contributed by atoms with Gasteiger partial charge in [-0.15, -0.1) is 0 Å². The molecule has 0 heterocycles. The van der Waals surface area contributed by atoms with E-state index < -0.39 is 5.97 Å². The topological polar surface area (TPSA) is 64.6 Å². The van der Waals surface area contributed by atoms with Crippen molar-refractivity contribution in [2.24, 2.45) is 0 Å². The van der Waals surface area contributed by atoms with Crippen LogP contribution in [0.4, 0.5) is 0 Å². The van der Waals surface area contributed by atoms with Crippen LogP contribution in [0.15, 0.2) is 42.5 Å². The zero-order chi connectivity index (χ0) is 19.2. The van der Waals surface area contributed by atoms with E-state index in [2.05, 4.69) is 11.4 Å². The highest BCUT2D eigenvalue weighted by Crippen LogP contribution is 2.29. The largest absolute Gasteiger partial charge is 0.482 e. The van der Waals surface area contributed by atoms with Crippen LogP contribution in [-0.2, 0) is 20.7 Å². The van der Waals surface area contributed by atoms with Crippen LogP contribution in [0.2, 0.25) is 0 Å². The molecule has 1 atom stereocenters. The van der Waals surface area contributed by atoms with Crippen molar-refractivity contribution in [1.29, 1.82) is 0 Å². The van der Waals surface area contributed by atoms with Crippen molar-refractivity contribution in [1.82, 2.24) is 5.32 Å². The maximum atomic E-state index is 12.2. The number of aryl methyl sites for hydroxylation is 3. The van der Waals surface area contributed by atoms with E-state index in [0.717, 1.165) is 36.0 Å². The van der Waals surface area contributed by atoms with Crippen LogP contribution >= 0.6 is 0 Å². The summed E-state index contributed by atoms with van der Waals surface area (Å²) in [5, 5.41) is 2.96. The molecule has 27 heavy (non-hydrogen) atoms. The Kier molecular flexibility index (Phi) is 6.12. The molecule has 1 aliphatic rings. The molecule has 2 aromatic rings. The third kappa shape index (κ3) is 5.09. The van der Waals surface area contributed by atoms with Crippen LogP contribution in [0.3, 0.4) is 0 Å². The maximum absolute atomic E-state index is 12.2. The number of fused-ring (bicyclic) bond motifs is 1. The lowest BCUT2D eigenvalue weighted by molar-refractivity contribution is -0.150. The van der Waals surface area contributed by atoms with Gasteiger partial charge in [0.15, 0.2) is 13.2 Å². The minimum atomic E-state index is -0.560. The first-order valence-electron chi connectivity index (χ1n) is 9.26. The molecule has 3 rings (SSSR count). The van der Waals surface area contributed by atoms with Crippen LogP contribution < -0.4 is 10.1 Å². The number of rotatable bonds is 6. The Balaban J connectivity index is 1.45. The highest BCUT2D eigenvalue weighted by molar-refractivity contribution is 5.81. The average molecular weight is 367 g/mol. The average Bonchev–Trinajstić information content (AvgIpc) is 2.67. The van der Waals surface area contributed by atoms with Crippen LogP contribution in [-0.4, -0.2) is 25.1 Å². The van der Waals surface area contributed by atoms with Crippen molar-refractivity contribution in [2.75, 3.05) is 13.2 Å². The molecule has 0 aliphatic heterocycles. The fraction of sp³-hybridized carbons (Fsp3) is 0.364. The molecule has 1 N–H and O–H groups in total. The van der Waals surface area contributed by atoms with Crippen molar-refractivity contribution >= 4 is 11.9 Å². The maximum Gasteiger partial charge on any atom is 0.344 e. The van der Waals surface area contributed by atoms with Gasteiger partial charge in [0.05, 0.1) is 6.04 Å². The summed E-state index contributed by atoms with van der Waals surface area (Å²) in [5.41, 5.74) is 4.42. The second kappa shape index (κ2) is 8.71. The zero-order valence-corrected chi connectivity index (χ0v) is 15.8. The van der Waals surface area contributed by atoms with Crippen LogP contribution in [0, 0.1) is 13.8 Å². The van der Waals surface area contributed by atoms with E-state index in [1.807, 2.05) is 50.2 Å². The van der Waals surface area contributed by atoms with E-state index >= 15 is 0 Å². The molecule has 0 bridgehead atoms. The normalized spacial score (nSPS) is 15.6. The Morgan fingerprint density at radius 3 is 2.78 bits per heavy atom. The van der Waals surface area contributed by atoms with E-state index in [1.165, 1.54) is 5.56 Å². The first-order chi connectivity index (χ1) is 13.0. The van der Waals surface area contributed by atoms with Gasteiger partial charge in [0, 0.05) is 0 Å².